The third-order valence-corrected chi connectivity index (χ3v) is 13.6. The first-order valence-electron chi connectivity index (χ1n) is 25.7. The van der Waals surface area contributed by atoms with Crippen molar-refractivity contribution in [2.75, 3.05) is 11.5 Å². The highest BCUT2D eigenvalue weighted by Gasteiger charge is 2.19. The lowest BCUT2D eigenvalue weighted by Crippen LogP contribution is -2.00. The molecule has 0 saturated carbocycles. The van der Waals surface area contributed by atoms with Gasteiger partial charge in [0.2, 0.25) is 22.5 Å². The van der Waals surface area contributed by atoms with Gasteiger partial charge in [0.25, 0.3) is 0 Å². The summed E-state index contributed by atoms with van der Waals surface area (Å²) in [6.45, 7) is 21.8. The molecule has 18 nitrogen and oxygen atoms in total. The van der Waals surface area contributed by atoms with Crippen LogP contribution in [0.25, 0.3) is 105 Å². The van der Waals surface area contributed by atoms with Crippen LogP contribution in [0.1, 0.15) is 63.3 Å². The van der Waals surface area contributed by atoms with Crippen molar-refractivity contribution in [3.05, 3.63) is 174 Å². The Labute approximate surface area is 488 Å². The number of anilines is 2. The highest BCUT2D eigenvalue weighted by molar-refractivity contribution is 6.28. The topological polar surface area (TPSA) is 226 Å². The Hall–Kier alpha value is -9.80. The first-order chi connectivity index (χ1) is 39.9. The summed E-state index contributed by atoms with van der Waals surface area (Å²) >= 11 is 11.5. The summed E-state index contributed by atoms with van der Waals surface area (Å²) in [4.78, 5) is 30.4. The average Bonchev–Trinajstić information content (AvgIpc) is 2.71. The molecule has 0 aliphatic rings. The third-order valence-electron chi connectivity index (χ3n) is 13.2. The second kappa shape index (κ2) is 24.0. The van der Waals surface area contributed by atoms with Crippen LogP contribution in [0.3, 0.4) is 0 Å². The lowest BCUT2D eigenvalue weighted by molar-refractivity contribution is 0.618. The van der Waals surface area contributed by atoms with Crippen LogP contribution in [0.4, 0.5) is 29.5 Å². The van der Waals surface area contributed by atoms with Gasteiger partial charge in [0.15, 0.2) is 23.3 Å². The van der Waals surface area contributed by atoms with Gasteiger partial charge in [-0.05, 0) is 115 Å². The van der Waals surface area contributed by atoms with Crippen LogP contribution in [0.2, 0.25) is 10.6 Å². The maximum Gasteiger partial charge on any atom is 0.223 e. The van der Waals surface area contributed by atoms with Crippen molar-refractivity contribution < 1.29 is 17.6 Å². The zero-order valence-corrected chi connectivity index (χ0v) is 48.5. The van der Waals surface area contributed by atoms with Crippen molar-refractivity contribution in [1.29, 1.82) is 0 Å². The van der Waals surface area contributed by atoms with E-state index in [0.29, 0.717) is 28.2 Å². The molecule has 0 aliphatic heterocycles. The average molecular weight is 1170 g/mol. The predicted octanol–water partition coefficient (Wildman–Crippen LogP) is 13.4. The van der Waals surface area contributed by atoms with Crippen LogP contribution in [0.5, 0.6) is 0 Å². The van der Waals surface area contributed by atoms with Crippen molar-refractivity contribution in [2.45, 2.75) is 40.5 Å². The smallest absolute Gasteiger partial charge is 0.223 e. The fourth-order valence-electron chi connectivity index (χ4n) is 9.87. The van der Waals surface area contributed by atoms with Gasteiger partial charge in [0, 0.05) is 77.7 Å². The number of nitrogen functional groups attached to an aromatic ring is 2. The second-order valence-electron chi connectivity index (χ2n) is 19.9. The minimum Gasteiger partial charge on any atom is -0.368 e. The van der Waals surface area contributed by atoms with Crippen LogP contribution in [-0.2, 0) is 28.2 Å². The molecule has 0 fully saturated rings. The molecule has 0 bridgehead atoms. The molecule has 84 heavy (non-hydrogen) atoms. The highest BCUT2D eigenvalue weighted by atomic mass is 35.5. The Bertz CT molecular complexity index is 4240. The minimum absolute atomic E-state index is 0.0119. The van der Waals surface area contributed by atoms with Gasteiger partial charge in [-0.1, -0.05) is 57.8 Å². The first-order valence-corrected chi connectivity index (χ1v) is 26.4. The third kappa shape index (κ3) is 12.1. The number of hydrogen-bond donors (Lipinski definition) is 2. The first kappa shape index (κ1) is 58.8. The summed E-state index contributed by atoms with van der Waals surface area (Å²) in [5.41, 5.74) is 24.2. The number of halogens is 6. The quantitative estimate of drug-likeness (QED) is 0.107. The Balaban J connectivity index is 0.000000134. The molecular weight excluding hydrogens is 1120 g/mol. The normalized spacial score (nSPS) is 11.1. The van der Waals surface area contributed by atoms with Gasteiger partial charge in [-0.2, -0.15) is 20.4 Å². The number of nitrogens with two attached hydrogens (primary N) is 2. The molecular formula is C60H54Cl2F4N18. The van der Waals surface area contributed by atoms with Gasteiger partial charge in [0.05, 0.1) is 63.9 Å². The maximum absolute atomic E-state index is 13.9. The van der Waals surface area contributed by atoms with Gasteiger partial charge < -0.3 is 11.5 Å². The van der Waals surface area contributed by atoms with E-state index in [2.05, 4.69) is 93.9 Å². The van der Waals surface area contributed by atoms with Crippen molar-refractivity contribution in [3.63, 3.8) is 0 Å². The van der Waals surface area contributed by atoms with E-state index in [9.17, 15) is 17.6 Å². The highest BCUT2D eigenvalue weighted by Crippen LogP contribution is 2.34. The molecule has 0 unspecified atom stereocenters. The molecule has 0 saturated heterocycles. The van der Waals surface area contributed by atoms with Gasteiger partial charge in [-0.3, -0.25) is 18.7 Å². The van der Waals surface area contributed by atoms with E-state index < -0.39 is 23.3 Å². The Morgan fingerprint density at radius 1 is 0.429 bits per heavy atom. The Morgan fingerprint density at radius 3 is 1.01 bits per heavy atom. The van der Waals surface area contributed by atoms with Crippen molar-refractivity contribution in [3.8, 4) is 45.0 Å². The van der Waals surface area contributed by atoms with Crippen LogP contribution in [0, 0.1) is 23.3 Å². The van der Waals surface area contributed by atoms with Crippen LogP contribution < -0.4 is 11.5 Å². The van der Waals surface area contributed by atoms with E-state index in [-0.39, 0.29) is 45.2 Å². The van der Waals surface area contributed by atoms with E-state index in [0.717, 1.165) is 108 Å². The van der Waals surface area contributed by atoms with Crippen LogP contribution in [-0.4, -0.2) is 79.0 Å². The number of aryl methyl sites for hydroxylation is 4. The number of rotatable bonds is 8. The summed E-state index contributed by atoms with van der Waals surface area (Å²) in [5, 5.41) is 21.4. The lowest BCUT2D eigenvalue weighted by atomic mass is 10.0. The number of benzene rings is 4. The summed E-state index contributed by atoms with van der Waals surface area (Å²) < 4.78 is 62.8. The summed E-state index contributed by atoms with van der Waals surface area (Å²) in [5.74, 6) is -1.61. The van der Waals surface area contributed by atoms with E-state index in [4.69, 9.17) is 34.7 Å². The summed E-state index contributed by atoms with van der Waals surface area (Å²) in [6.07, 6.45) is 4.30. The fourth-order valence-corrected chi connectivity index (χ4v) is 10.1. The maximum atomic E-state index is 13.9. The molecule has 4 N–H and O–H groups in total. The standard InChI is InChI=1S/2C15H12ClFN4.C15H16FN5.C15H14FN5/c2*1-8(2)14-10-6-9(4-5-12(10)20-21(14)3)13-11(17)7-18-15(16)19-13;2*1-8(2)14-10-6-9(4-5-12(10)20-21(14)3)13-11(16)7-18-15(17)19-13/h2*4-7H,1H2,2-3H3;4-8H,1-3H3,(H2,17,18,19);4-7H,1H2,2-3H3,(H2,17,18,19). The minimum atomic E-state index is -0.514. The SMILES string of the molecule is C=C(C)c1c2cc(-c3nc(Cl)ncc3F)ccc2nn1C.C=C(C)c1c2cc(-c3nc(Cl)ncc3F)ccc2nn1C.C=C(C)c1c2cc(-c3nc(N)ncc3F)ccc2nn1C.CC(C)c1c2cc(-c3nc(N)ncc3F)ccc2nn1C. The zero-order valence-electron chi connectivity index (χ0n) is 47.0. The lowest BCUT2D eigenvalue weighted by Gasteiger charge is -2.07. The van der Waals surface area contributed by atoms with Crippen LogP contribution >= 0.6 is 23.2 Å². The molecule has 4 aromatic carbocycles. The van der Waals surface area contributed by atoms with Gasteiger partial charge in [0.1, 0.15) is 22.8 Å². The molecule has 0 atom stereocenters. The summed E-state index contributed by atoms with van der Waals surface area (Å²) in [7, 11) is 7.48. The number of fused-ring (bicyclic) bond motifs is 4. The van der Waals surface area contributed by atoms with E-state index in [1.807, 2.05) is 102 Å². The van der Waals surface area contributed by atoms with Gasteiger partial charge in [-0.25, -0.2) is 57.4 Å². The molecule has 12 aromatic rings. The summed E-state index contributed by atoms with van der Waals surface area (Å²) in [6, 6.07) is 21.9. The van der Waals surface area contributed by atoms with Crippen LogP contribution in [0.15, 0.2) is 117 Å². The Morgan fingerprint density at radius 2 is 0.702 bits per heavy atom. The number of allylic oxidation sites excluding steroid dienone is 3. The molecule has 24 heteroatoms. The molecule has 0 spiro atoms. The molecule has 12 rings (SSSR count). The number of hydrogen-bond acceptors (Lipinski definition) is 14. The van der Waals surface area contributed by atoms with Crippen molar-refractivity contribution >= 4 is 95.4 Å². The monoisotopic (exact) mass is 1170 g/mol. The van der Waals surface area contributed by atoms with E-state index in [1.54, 1.807) is 38.3 Å². The molecule has 0 aliphatic carbocycles. The zero-order chi connectivity index (χ0) is 60.6. The molecule has 0 amide bonds. The predicted molar refractivity (Wildman–Crippen MR) is 324 cm³/mol. The van der Waals surface area contributed by atoms with Crippen molar-refractivity contribution in [2.24, 2.45) is 28.2 Å². The Kier molecular flexibility index (Phi) is 16.8. The van der Waals surface area contributed by atoms with Crippen molar-refractivity contribution in [1.82, 2.24) is 79.0 Å². The van der Waals surface area contributed by atoms with Gasteiger partial charge in [-0.15, -0.1) is 0 Å². The van der Waals surface area contributed by atoms with E-state index in [1.165, 1.54) is 0 Å². The fraction of sp³-hybridized carbons (Fsp3) is 0.167. The molecule has 8 heterocycles. The number of nitrogens with zero attached hydrogens (tertiary/aromatic N) is 16. The molecule has 8 aromatic heterocycles. The second-order valence-corrected chi connectivity index (χ2v) is 20.5. The molecule has 426 valence electrons. The largest absolute Gasteiger partial charge is 0.368 e. The molecule has 0 radical (unpaired) electrons. The van der Waals surface area contributed by atoms with E-state index >= 15 is 0 Å². The van der Waals surface area contributed by atoms with Gasteiger partial charge >= 0.3 is 0 Å². The number of aromatic nitrogens is 16.